The third-order valence-electron chi connectivity index (χ3n) is 4.97. The standard InChI is InChI=1S/C24H22BrFN6O/c1-32-15-18(14-30-32)22-21(25)11-20(24(33)29-13-17-5-3-8-27-12-17)23(31-22)28-9-7-16-4-2-6-19(26)10-16/h2-6,8,10-12,14-15H,7,9,13H2,1H3,(H,28,31)(H,29,33). The Balaban J connectivity index is 1.57. The summed E-state index contributed by atoms with van der Waals surface area (Å²) in [5.41, 5.74) is 3.64. The molecule has 0 fully saturated rings. The zero-order valence-electron chi connectivity index (χ0n) is 17.9. The Labute approximate surface area is 199 Å². The van der Waals surface area contributed by atoms with E-state index in [0.29, 0.717) is 41.1 Å². The van der Waals surface area contributed by atoms with E-state index in [1.165, 1.54) is 12.1 Å². The molecule has 0 unspecified atom stereocenters. The largest absolute Gasteiger partial charge is 0.369 e. The van der Waals surface area contributed by atoms with Crippen LogP contribution < -0.4 is 10.6 Å². The van der Waals surface area contributed by atoms with Gasteiger partial charge in [-0.25, -0.2) is 9.37 Å². The lowest BCUT2D eigenvalue weighted by Crippen LogP contribution is -2.25. The minimum Gasteiger partial charge on any atom is -0.369 e. The Morgan fingerprint density at radius 2 is 2.00 bits per heavy atom. The number of amides is 1. The Morgan fingerprint density at radius 3 is 2.73 bits per heavy atom. The molecular weight excluding hydrogens is 487 g/mol. The van der Waals surface area contributed by atoms with Crippen LogP contribution in [0.2, 0.25) is 0 Å². The van der Waals surface area contributed by atoms with Crippen molar-refractivity contribution in [2.75, 3.05) is 11.9 Å². The van der Waals surface area contributed by atoms with E-state index < -0.39 is 0 Å². The predicted octanol–water partition coefficient (Wildman–Crippen LogP) is 4.36. The Hall–Kier alpha value is -3.59. The van der Waals surface area contributed by atoms with Crippen molar-refractivity contribution in [2.45, 2.75) is 13.0 Å². The molecule has 4 rings (SSSR count). The van der Waals surface area contributed by atoms with Gasteiger partial charge in [-0.3, -0.25) is 14.5 Å². The predicted molar refractivity (Wildman–Crippen MR) is 128 cm³/mol. The van der Waals surface area contributed by atoms with E-state index in [2.05, 4.69) is 36.6 Å². The number of pyridine rings is 2. The molecule has 0 aliphatic carbocycles. The Kier molecular flexibility index (Phi) is 7.09. The smallest absolute Gasteiger partial charge is 0.255 e. The van der Waals surface area contributed by atoms with Crippen LogP contribution in [-0.2, 0) is 20.0 Å². The third kappa shape index (κ3) is 5.81. The van der Waals surface area contributed by atoms with Gasteiger partial charge >= 0.3 is 0 Å². The number of benzene rings is 1. The van der Waals surface area contributed by atoms with E-state index >= 15 is 0 Å². The summed E-state index contributed by atoms with van der Waals surface area (Å²) in [7, 11) is 1.83. The number of carbonyl (C=O) groups is 1. The summed E-state index contributed by atoms with van der Waals surface area (Å²) < 4.78 is 15.9. The highest BCUT2D eigenvalue weighted by Gasteiger charge is 2.18. The zero-order valence-corrected chi connectivity index (χ0v) is 19.5. The molecule has 1 amide bonds. The molecular formula is C24H22BrFN6O. The third-order valence-corrected chi connectivity index (χ3v) is 5.57. The first-order valence-corrected chi connectivity index (χ1v) is 11.1. The number of anilines is 1. The quantitative estimate of drug-likeness (QED) is 0.369. The average Bonchev–Trinajstić information content (AvgIpc) is 3.25. The van der Waals surface area contributed by atoms with Gasteiger partial charge in [0.2, 0.25) is 0 Å². The van der Waals surface area contributed by atoms with Crippen molar-refractivity contribution in [2.24, 2.45) is 7.05 Å². The number of aromatic nitrogens is 4. The molecule has 0 radical (unpaired) electrons. The molecule has 0 aliphatic rings. The van der Waals surface area contributed by atoms with Crippen LogP contribution >= 0.6 is 15.9 Å². The maximum atomic E-state index is 13.5. The van der Waals surface area contributed by atoms with E-state index in [9.17, 15) is 9.18 Å². The van der Waals surface area contributed by atoms with Gasteiger partial charge in [0.05, 0.1) is 17.5 Å². The first-order valence-electron chi connectivity index (χ1n) is 10.3. The number of aryl methyl sites for hydroxylation is 1. The Bertz CT molecular complexity index is 1260. The molecule has 7 nitrogen and oxygen atoms in total. The van der Waals surface area contributed by atoms with E-state index in [-0.39, 0.29) is 11.7 Å². The van der Waals surface area contributed by atoms with Crippen molar-refractivity contribution in [3.8, 4) is 11.3 Å². The number of nitrogens with one attached hydrogen (secondary N) is 2. The molecule has 3 heterocycles. The maximum Gasteiger partial charge on any atom is 0.255 e. The molecule has 3 aromatic heterocycles. The average molecular weight is 509 g/mol. The Morgan fingerprint density at radius 1 is 1.15 bits per heavy atom. The molecule has 4 aromatic rings. The summed E-state index contributed by atoms with van der Waals surface area (Å²) in [6, 6.07) is 11.9. The van der Waals surface area contributed by atoms with Gasteiger partial charge in [0.25, 0.3) is 5.91 Å². The van der Waals surface area contributed by atoms with Crippen molar-refractivity contribution in [1.29, 1.82) is 0 Å². The summed E-state index contributed by atoms with van der Waals surface area (Å²) in [5, 5.41) is 10.4. The summed E-state index contributed by atoms with van der Waals surface area (Å²) in [6.07, 6.45) is 7.54. The maximum absolute atomic E-state index is 13.5. The number of nitrogens with zero attached hydrogens (tertiary/aromatic N) is 4. The number of hydrogen-bond acceptors (Lipinski definition) is 5. The summed E-state index contributed by atoms with van der Waals surface area (Å²) >= 11 is 3.55. The normalized spacial score (nSPS) is 10.8. The molecule has 2 N–H and O–H groups in total. The van der Waals surface area contributed by atoms with Gasteiger partial charge in [0, 0.05) is 48.8 Å². The van der Waals surface area contributed by atoms with Crippen LogP contribution in [0.4, 0.5) is 10.2 Å². The van der Waals surface area contributed by atoms with Crippen LogP contribution in [0.3, 0.4) is 0 Å². The van der Waals surface area contributed by atoms with Gasteiger partial charge in [-0.05, 0) is 57.7 Å². The molecule has 1 aromatic carbocycles. The van der Waals surface area contributed by atoms with Gasteiger partial charge in [-0.2, -0.15) is 5.10 Å². The lowest BCUT2D eigenvalue weighted by atomic mass is 10.1. The molecule has 0 atom stereocenters. The molecule has 0 saturated heterocycles. The number of halogens is 2. The highest BCUT2D eigenvalue weighted by Crippen LogP contribution is 2.30. The van der Waals surface area contributed by atoms with E-state index in [1.54, 1.807) is 35.4 Å². The molecule has 0 spiro atoms. The highest BCUT2D eigenvalue weighted by molar-refractivity contribution is 9.10. The number of hydrogen-bond donors (Lipinski definition) is 2. The second kappa shape index (κ2) is 10.4. The van der Waals surface area contributed by atoms with Crippen LogP contribution in [-0.4, -0.2) is 32.2 Å². The molecule has 9 heteroatoms. The van der Waals surface area contributed by atoms with Crippen molar-refractivity contribution < 1.29 is 9.18 Å². The monoisotopic (exact) mass is 508 g/mol. The second-order valence-corrected chi connectivity index (χ2v) is 8.32. The summed E-state index contributed by atoms with van der Waals surface area (Å²) in [6.45, 7) is 0.824. The van der Waals surface area contributed by atoms with Crippen LogP contribution in [0, 0.1) is 5.82 Å². The first-order chi connectivity index (χ1) is 16.0. The SMILES string of the molecule is Cn1cc(-c2nc(NCCc3cccc(F)c3)c(C(=O)NCc3cccnc3)cc2Br)cn1. The summed E-state index contributed by atoms with van der Waals surface area (Å²) in [5.74, 6) is -0.0983. The van der Waals surface area contributed by atoms with Crippen LogP contribution in [0.15, 0.2) is 71.7 Å². The molecule has 168 valence electrons. The van der Waals surface area contributed by atoms with Crippen molar-refractivity contribution in [3.05, 3.63) is 94.2 Å². The van der Waals surface area contributed by atoms with Gasteiger partial charge in [0.1, 0.15) is 11.6 Å². The highest BCUT2D eigenvalue weighted by atomic mass is 79.9. The summed E-state index contributed by atoms with van der Waals surface area (Å²) in [4.78, 5) is 21.8. The zero-order chi connectivity index (χ0) is 23.2. The lowest BCUT2D eigenvalue weighted by Gasteiger charge is -2.14. The topological polar surface area (TPSA) is 84.7 Å². The van der Waals surface area contributed by atoms with Crippen LogP contribution in [0.25, 0.3) is 11.3 Å². The minimum atomic E-state index is -0.274. The van der Waals surface area contributed by atoms with E-state index in [1.807, 2.05) is 31.4 Å². The fourth-order valence-corrected chi connectivity index (χ4v) is 3.89. The van der Waals surface area contributed by atoms with Crippen molar-refractivity contribution in [1.82, 2.24) is 25.1 Å². The van der Waals surface area contributed by atoms with Gasteiger partial charge < -0.3 is 10.6 Å². The molecule has 0 saturated carbocycles. The van der Waals surface area contributed by atoms with Crippen molar-refractivity contribution in [3.63, 3.8) is 0 Å². The van der Waals surface area contributed by atoms with Gasteiger partial charge in [-0.1, -0.05) is 18.2 Å². The second-order valence-electron chi connectivity index (χ2n) is 7.47. The lowest BCUT2D eigenvalue weighted by molar-refractivity contribution is 0.0951. The fraction of sp³-hybridized carbons (Fsp3) is 0.167. The fourth-order valence-electron chi connectivity index (χ4n) is 3.34. The minimum absolute atomic E-state index is 0.266. The number of carbonyl (C=O) groups excluding carboxylic acids is 1. The first kappa shape index (κ1) is 22.6. The van der Waals surface area contributed by atoms with E-state index in [0.717, 1.165) is 16.7 Å². The number of rotatable bonds is 8. The molecule has 33 heavy (non-hydrogen) atoms. The van der Waals surface area contributed by atoms with Crippen LogP contribution in [0.5, 0.6) is 0 Å². The van der Waals surface area contributed by atoms with Crippen molar-refractivity contribution >= 4 is 27.7 Å². The molecule has 0 bridgehead atoms. The van der Waals surface area contributed by atoms with Gasteiger partial charge in [-0.15, -0.1) is 0 Å². The van der Waals surface area contributed by atoms with E-state index in [4.69, 9.17) is 4.98 Å². The van der Waals surface area contributed by atoms with Crippen LogP contribution in [0.1, 0.15) is 21.5 Å². The van der Waals surface area contributed by atoms with Gasteiger partial charge in [0.15, 0.2) is 0 Å². The molecule has 0 aliphatic heterocycles.